The lowest BCUT2D eigenvalue weighted by molar-refractivity contribution is -0.122. The zero-order chi connectivity index (χ0) is 15.4. The highest BCUT2D eigenvalue weighted by molar-refractivity contribution is 6.32. The summed E-state index contributed by atoms with van der Waals surface area (Å²) in [6, 6.07) is -0.219. The summed E-state index contributed by atoms with van der Waals surface area (Å²) < 4.78 is 0.964. The van der Waals surface area contributed by atoms with Crippen LogP contribution in [0.4, 0.5) is 5.69 Å². The van der Waals surface area contributed by atoms with Crippen LogP contribution in [-0.2, 0) is 11.3 Å². The lowest BCUT2D eigenvalue weighted by Gasteiger charge is -2.17. The van der Waals surface area contributed by atoms with Gasteiger partial charge < -0.3 is 16.5 Å². The molecule has 0 bridgehead atoms. The van der Waals surface area contributed by atoms with Crippen LogP contribution < -0.4 is 22.0 Å². The molecule has 1 amide bonds. The number of halogens is 1. The predicted molar refractivity (Wildman–Crippen MR) is 80.1 cm³/mol. The Morgan fingerprint density at radius 1 is 1.67 bits per heavy atom. The second kappa shape index (κ2) is 6.40. The van der Waals surface area contributed by atoms with Crippen molar-refractivity contribution in [1.29, 1.82) is 0 Å². The number of carbonyl (C=O) groups excluding carboxylic acids is 1. The summed E-state index contributed by atoms with van der Waals surface area (Å²) >= 11 is 5.73. The van der Waals surface area contributed by atoms with Gasteiger partial charge >= 0.3 is 0 Å². The van der Waals surface area contributed by atoms with E-state index in [9.17, 15) is 9.59 Å². The molecule has 4 N–H and O–H groups in total. The van der Waals surface area contributed by atoms with Crippen molar-refractivity contribution in [2.24, 2.45) is 5.10 Å². The Balaban J connectivity index is 2.02. The van der Waals surface area contributed by atoms with Gasteiger partial charge in [0.2, 0.25) is 5.91 Å². The Bertz CT molecular complexity index is 666. The molecule has 21 heavy (non-hydrogen) atoms. The second-order valence-electron chi connectivity index (χ2n) is 4.49. The zero-order valence-electron chi connectivity index (χ0n) is 11.3. The average molecular weight is 311 g/mol. The van der Waals surface area contributed by atoms with Gasteiger partial charge in [-0.3, -0.25) is 9.59 Å². The summed E-state index contributed by atoms with van der Waals surface area (Å²) in [4.78, 5) is 23.7. The number of hydrogen-bond acceptors (Lipinski definition) is 6. The number of carbonyl (C=O) groups is 1. The fourth-order valence-electron chi connectivity index (χ4n) is 1.77. The van der Waals surface area contributed by atoms with Crippen molar-refractivity contribution < 1.29 is 4.79 Å². The molecular formula is C12H15ClN6O2. The number of hydrazone groups is 1. The van der Waals surface area contributed by atoms with E-state index >= 15 is 0 Å². The standard InChI is InChI=1S/C12H15ClN6O2/c1-7(8-2-3-15-16-4-8)18-10(20)6-19-12(21)11(13)9(14)5-17-19/h2,4-5,7,15H,3,6,14H2,1H3,(H,18,20). The lowest BCUT2D eigenvalue weighted by Crippen LogP contribution is -2.40. The fraction of sp³-hybridized carbons (Fsp3) is 0.333. The van der Waals surface area contributed by atoms with Crippen molar-refractivity contribution in [2.45, 2.75) is 19.5 Å². The molecule has 8 nitrogen and oxygen atoms in total. The van der Waals surface area contributed by atoms with Crippen LogP contribution in [-0.4, -0.2) is 34.5 Å². The predicted octanol–water partition coefficient (Wildman–Crippen LogP) is -0.501. The molecule has 1 aromatic rings. The van der Waals surface area contributed by atoms with Gasteiger partial charge in [0.1, 0.15) is 11.6 Å². The number of nitrogens with two attached hydrogens (primary N) is 1. The van der Waals surface area contributed by atoms with Crippen LogP contribution in [0.2, 0.25) is 5.02 Å². The summed E-state index contributed by atoms with van der Waals surface area (Å²) in [5.74, 6) is -0.356. The highest BCUT2D eigenvalue weighted by atomic mass is 35.5. The van der Waals surface area contributed by atoms with Gasteiger partial charge in [0.05, 0.1) is 30.7 Å². The molecule has 1 aliphatic rings. The van der Waals surface area contributed by atoms with Crippen molar-refractivity contribution in [3.05, 3.63) is 33.2 Å². The van der Waals surface area contributed by atoms with Crippen molar-refractivity contribution in [3.63, 3.8) is 0 Å². The topological polar surface area (TPSA) is 114 Å². The normalized spacial score (nSPS) is 15.0. The summed E-state index contributed by atoms with van der Waals surface area (Å²) in [5, 5.41) is 10.3. The van der Waals surface area contributed by atoms with Crippen molar-refractivity contribution in [2.75, 3.05) is 12.3 Å². The highest BCUT2D eigenvalue weighted by Gasteiger charge is 2.14. The van der Waals surface area contributed by atoms with Gasteiger partial charge in [-0.05, 0) is 12.5 Å². The first-order valence-corrected chi connectivity index (χ1v) is 6.63. The Morgan fingerprint density at radius 3 is 3.10 bits per heavy atom. The van der Waals surface area contributed by atoms with E-state index in [0.717, 1.165) is 10.3 Å². The molecule has 1 aliphatic heterocycles. The molecular weight excluding hydrogens is 296 g/mol. The lowest BCUT2D eigenvalue weighted by atomic mass is 10.1. The van der Waals surface area contributed by atoms with E-state index in [1.54, 1.807) is 6.21 Å². The monoisotopic (exact) mass is 310 g/mol. The zero-order valence-corrected chi connectivity index (χ0v) is 12.1. The SMILES string of the molecule is CC(NC(=O)Cn1ncc(N)c(Cl)c1=O)C1=CCNN=C1. The van der Waals surface area contributed by atoms with Gasteiger partial charge in [0.25, 0.3) is 5.56 Å². The number of anilines is 1. The maximum atomic E-state index is 11.9. The number of amides is 1. The molecule has 0 radical (unpaired) electrons. The third kappa shape index (κ3) is 3.60. The van der Waals surface area contributed by atoms with E-state index in [0.29, 0.717) is 6.54 Å². The molecule has 2 heterocycles. The number of nitrogens with zero attached hydrogens (tertiary/aromatic N) is 3. The smallest absolute Gasteiger partial charge is 0.288 e. The second-order valence-corrected chi connectivity index (χ2v) is 4.87. The van der Waals surface area contributed by atoms with E-state index in [1.165, 1.54) is 6.20 Å². The summed E-state index contributed by atoms with van der Waals surface area (Å²) in [6.07, 6.45) is 4.80. The maximum Gasteiger partial charge on any atom is 0.288 e. The van der Waals surface area contributed by atoms with E-state index in [-0.39, 0.29) is 29.2 Å². The van der Waals surface area contributed by atoms with E-state index in [2.05, 4.69) is 20.9 Å². The Labute approximate surface area is 125 Å². The van der Waals surface area contributed by atoms with Gasteiger partial charge in [-0.1, -0.05) is 17.7 Å². The third-order valence-corrected chi connectivity index (χ3v) is 3.30. The largest absolute Gasteiger partial charge is 0.396 e. The Kier molecular flexibility index (Phi) is 4.59. The molecule has 0 saturated heterocycles. The van der Waals surface area contributed by atoms with E-state index in [1.807, 2.05) is 13.0 Å². The molecule has 1 unspecified atom stereocenters. The average Bonchev–Trinajstić information content (AvgIpc) is 2.49. The first-order valence-electron chi connectivity index (χ1n) is 6.25. The maximum absolute atomic E-state index is 11.9. The first-order chi connectivity index (χ1) is 9.99. The van der Waals surface area contributed by atoms with Crippen LogP contribution >= 0.6 is 11.6 Å². The minimum Gasteiger partial charge on any atom is -0.396 e. The minimum absolute atomic E-state index is 0.0859. The van der Waals surface area contributed by atoms with Crippen molar-refractivity contribution in [1.82, 2.24) is 20.5 Å². The van der Waals surface area contributed by atoms with Crippen LogP contribution in [0.25, 0.3) is 0 Å². The van der Waals surface area contributed by atoms with Crippen LogP contribution in [0.5, 0.6) is 0 Å². The fourth-order valence-corrected chi connectivity index (χ4v) is 1.92. The number of aromatic nitrogens is 2. The Morgan fingerprint density at radius 2 is 2.43 bits per heavy atom. The number of nitrogens with one attached hydrogen (secondary N) is 2. The molecule has 112 valence electrons. The molecule has 1 atom stereocenters. The van der Waals surface area contributed by atoms with Crippen LogP contribution in [0.3, 0.4) is 0 Å². The van der Waals surface area contributed by atoms with E-state index < -0.39 is 5.56 Å². The molecule has 1 aromatic heterocycles. The quantitative estimate of drug-likeness (QED) is 0.693. The highest BCUT2D eigenvalue weighted by Crippen LogP contribution is 2.09. The summed E-state index contributed by atoms with van der Waals surface area (Å²) in [6.45, 7) is 2.21. The van der Waals surface area contributed by atoms with Gasteiger partial charge in [-0.15, -0.1) is 0 Å². The van der Waals surface area contributed by atoms with Crippen molar-refractivity contribution >= 4 is 29.4 Å². The molecule has 0 aliphatic carbocycles. The Hall–Kier alpha value is -2.35. The van der Waals surface area contributed by atoms with Gasteiger partial charge in [-0.2, -0.15) is 10.2 Å². The molecule has 0 aromatic carbocycles. The third-order valence-electron chi connectivity index (χ3n) is 2.92. The molecule has 0 fully saturated rings. The number of hydrogen-bond donors (Lipinski definition) is 3. The minimum atomic E-state index is -0.595. The van der Waals surface area contributed by atoms with Crippen molar-refractivity contribution in [3.8, 4) is 0 Å². The molecule has 2 rings (SSSR count). The van der Waals surface area contributed by atoms with Crippen LogP contribution in [0, 0.1) is 0 Å². The molecule has 0 saturated carbocycles. The molecule has 9 heteroatoms. The van der Waals surface area contributed by atoms with Crippen LogP contribution in [0.1, 0.15) is 6.92 Å². The van der Waals surface area contributed by atoms with E-state index in [4.69, 9.17) is 17.3 Å². The number of rotatable bonds is 4. The number of nitrogen functional groups attached to an aromatic ring is 1. The van der Waals surface area contributed by atoms with Gasteiger partial charge in [0, 0.05) is 0 Å². The van der Waals surface area contributed by atoms with Gasteiger partial charge in [0.15, 0.2) is 0 Å². The van der Waals surface area contributed by atoms with Gasteiger partial charge in [-0.25, -0.2) is 4.68 Å². The molecule has 0 spiro atoms. The summed E-state index contributed by atoms with van der Waals surface area (Å²) in [5.41, 5.74) is 8.62. The van der Waals surface area contributed by atoms with Crippen LogP contribution in [0.15, 0.2) is 27.7 Å². The summed E-state index contributed by atoms with van der Waals surface area (Å²) in [7, 11) is 0. The first kappa shape index (κ1) is 15.0.